The number of likely N-dealkylation sites (tertiary alicyclic amines) is 1. The van der Waals surface area contributed by atoms with Gasteiger partial charge in [-0.3, -0.25) is 0 Å². The summed E-state index contributed by atoms with van der Waals surface area (Å²) in [5.41, 5.74) is 1.78. The van der Waals surface area contributed by atoms with Crippen molar-refractivity contribution in [2.75, 3.05) is 25.0 Å². The molecule has 5 nitrogen and oxygen atoms in total. The highest BCUT2D eigenvalue weighted by atomic mass is 35.5. The van der Waals surface area contributed by atoms with Crippen LogP contribution in [0, 0.1) is 19.8 Å². The predicted molar refractivity (Wildman–Crippen MR) is 97.7 cm³/mol. The lowest BCUT2D eigenvalue weighted by molar-refractivity contribution is 0.0172. The Morgan fingerprint density at radius 1 is 1.46 bits per heavy atom. The molecule has 0 aliphatic carbocycles. The number of carbonyl (C=O) groups excluding carboxylic acids is 1. The summed E-state index contributed by atoms with van der Waals surface area (Å²) < 4.78 is 5.48. The number of aryl methyl sites for hydroxylation is 1. The standard InChI is InChI=1S/C18H28ClN3O2/c1-12-9-15(19)21-16(13(12)2)20-10-14-7-6-8-22(11-14)17(23)24-18(3,4)5/h9,14H,6-8,10-11H2,1-5H3,(H,20,21). The number of nitrogens with zero attached hydrogens (tertiary/aromatic N) is 2. The van der Waals surface area contributed by atoms with Crippen LogP contribution in [0.4, 0.5) is 10.6 Å². The summed E-state index contributed by atoms with van der Waals surface area (Å²) in [5, 5.41) is 3.90. The lowest BCUT2D eigenvalue weighted by Gasteiger charge is -2.34. The van der Waals surface area contributed by atoms with Crippen molar-refractivity contribution in [2.45, 2.75) is 53.1 Å². The molecule has 0 aromatic carbocycles. The Bertz CT molecular complexity index is 599. The van der Waals surface area contributed by atoms with E-state index in [1.807, 2.05) is 45.6 Å². The molecule has 1 saturated heterocycles. The molecular formula is C18H28ClN3O2. The largest absolute Gasteiger partial charge is 0.444 e. The molecular weight excluding hydrogens is 326 g/mol. The fourth-order valence-corrected chi connectivity index (χ4v) is 3.08. The molecule has 2 rings (SSSR count). The second-order valence-corrected chi connectivity index (χ2v) is 7.94. The van der Waals surface area contributed by atoms with E-state index in [-0.39, 0.29) is 6.09 Å². The van der Waals surface area contributed by atoms with Gasteiger partial charge in [-0.1, -0.05) is 11.6 Å². The number of piperidine rings is 1. The molecule has 0 radical (unpaired) electrons. The third-order valence-corrected chi connectivity index (χ3v) is 4.42. The second-order valence-electron chi connectivity index (χ2n) is 7.55. The Kier molecular flexibility index (Phi) is 5.97. The van der Waals surface area contributed by atoms with Crippen molar-refractivity contribution < 1.29 is 9.53 Å². The third kappa shape index (κ3) is 5.26. The van der Waals surface area contributed by atoms with Crippen molar-refractivity contribution in [1.29, 1.82) is 0 Å². The third-order valence-electron chi connectivity index (χ3n) is 4.23. The molecule has 1 aromatic heterocycles. The van der Waals surface area contributed by atoms with Gasteiger partial charge in [-0.2, -0.15) is 0 Å². The van der Waals surface area contributed by atoms with Crippen molar-refractivity contribution >= 4 is 23.5 Å². The number of rotatable bonds is 3. The zero-order chi connectivity index (χ0) is 17.9. The summed E-state index contributed by atoms with van der Waals surface area (Å²) in [6.45, 7) is 12.0. The number of hydrogen-bond donors (Lipinski definition) is 1. The Balaban J connectivity index is 1.93. The van der Waals surface area contributed by atoms with Crippen molar-refractivity contribution in [1.82, 2.24) is 9.88 Å². The number of aromatic nitrogens is 1. The summed E-state index contributed by atoms with van der Waals surface area (Å²) in [5.74, 6) is 1.21. The molecule has 1 atom stereocenters. The van der Waals surface area contributed by atoms with Crippen molar-refractivity contribution in [3.8, 4) is 0 Å². The number of nitrogens with one attached hydrogen (secondary N) is 1. The summed E-state index contributed by atoms with van der Waals surface area (Å²) >= 11 is 6.05. The summed E-state index contributed by atoms with van der Waals surface area (Å²) in [6, 6.07) is 1.87. The average molecular weight is 354 g/mol. The van der Waals surface area contributed by atoms with E-state index in [2.05, 4.69) is 10.3 Å². The average Bonchev–Trinajstić information content (AvgIpc) is 2.48. The minimum absolute atomic E-state index is 0.222. The highest BCUT2D eigenvalue weighted by Gasteiger charge is 2.27. The molecule has 6 heteroatoms. The van der Waals surface area contributed by atoms with Crippen molar-refractivity contribution in [2.24, 2.45) is 5.92 Å². The Labute approximate surface area is 149 Å². The van der Waals surface area contributed by atoms with Gasteiger partial charge in [0, 0.05) is 19.6 Å². The van der Waals surface area contributed by atoms with Crippen LogP contribution in [0.15, 0.2) is 6.07 Å². The van der Waals surface area contributed by atoms with E-state index in [1.165, 1.54) is 0 Å². The highest BCUT2D eigenvalue weighted by molar-refractivity contribution is 6.29. The number of carbonyl (C=O) groups is 1. The maximum absolute atomic E-state index is 12.2. The number of pyridine rings is 1. The quantitative estimate of drug-likeness (QED) is 0.818. The first-order chi connectivity index (χ1) is 11.2. The molecule has 1 amide bonds. The van der Waals surface area contributed by atoms with Crippen molar-refractivity contribution in [3.05, 3.63) is 22.3 Å². The van der Waals surface area contributed by atoms with Crippen LogP contribution in [-0.4, -0.2) is 41.2 Å². The molecule has 1 aliphatic rings. The van der Waals surface area contributed by atoms with Gasteiger partial charge in [-0.05, 0) is 70.6 Å². The van der Waals surface area contributed by atoms with E-state index < -0.39 is 5.60 Å². The minimum Gasteiger partial charge on any atom is -0.444 e. The second kappa shape index (κ2) is 7.60. The Morgan fingerprint density at radius 3 is 2.83 bits per heavy atom. The number of ether oxygens (including phenoxy) is 1. The van der Waals surface area contributed by atoms with Gasteiger partial charge < -0.3 is 15.0 Å². The summed E-state index contributed by atoms with van der Waals surface area (Å²) in [6.07, 6.45) is 1.86. The van der Waals surface area contributed by atoms with Gasteiger partial charge in [-0.15, -0.1) is 0 Å². The van der Waals surface area contributed by atoms with Crippen LogP contribution in [0.1, 0.15) is 44.7 Å². The molecule has 0 saturated carbocycles. The SMILES string of the molecule is Cc1cc(Cl)nc(NCC2CCCN(C(=O)OC(C)(C)C)C2)c1C. The monoisotopic (exact) mass is 353 g/mol. The molecule has 1 unspecified atom stereocenters. The number of halogens is 1. The predicted octanol–water partition coefficient (Wildman–Crippen LogP) is 4.41. The summed E-state index contributed by atoms with van der Waals surface area (Å²) in [4.78, 5) is 18.4. The molecule has 0 bridgehead atoms. The van der Waals surface area contributed by atoms with Gasteiger partial charge in [0.15, 0.2) is 0 Å². The van der Waals surface area contributed by atoms with Crippen LogP contribution in [0.5, 0.6) is 0 Å². The van der Waals surface area contributed by atoms with E-state index >= 15 is 0 Å². The zero-order valence-corrected chi connectivity index (χ0v) is 16.0. The van der Waals surface area contributed by atoms with Crippen LogP contribution in [0.2, 0.25) is 5.15 Å². The lowest BCUT2D eigenvalue weighted by atomic mass is 9.98. The van der Waals surface area contributed by atoms with Gasteiger partial charge in [0.1, 0.15) is 16.6 Å². The normalized spacial score (nSPS) is 18.4. The van der Waals surface area contributed by atoms with Crippen LogP contribution < -0.4 is 5.32 Å². The first-order valence-corrected chi connectivity index (χ1v) is 8.89. The molecule has 0 spiro atoms. The fraction of sp³-hybridized carbons (Fsp3) is 0.667. The molecule has 2 heterocycles. The van der Waals surface area contributed by atoms with E-state index in [4.69, 9.17) is 16.3 Å². The fourth-order valence-electron chi connectivity index (χ4n) is 2.83. The van der Waals surface area contributed by atoms with E-state index in [0.29, 0.717) is 17.6 Å². The van der Waals surface area contributed by atoms with Gasteiger partial charge in [0.05, 0.1) is 0 Å². The van der Waals surface area contributed by atoms with Gasteiger partial charge in [-0.25, -0.2) is 9.78 Å². The van der Waals surface area contributed by atoms with E-state index in [9.17, 15) is 4.79 Å². The van der Waals surface area contributed by atoms with Crippen molar-refractivity contribution in [3.63, 3.8) is 0 Å². The van der Waals surface area contributed by atoms with Crippen LogP contribution in [0.3, 0.4) is 0 Å². The highest BCUT2D eigenvalue weighted by Crippen LogP contribution is 2.23. The minimum atomic E-state index is -0.457. The van der Waals surface area contributed by atoms with E-state index in [1.54, 1.807) is 0 Å². The van der Waals surface area contributed by atoms with Gasteiger partial charge >= 0.3 is 6.09 Å². The Hall–Kier alpha value is -1.49. The molecule has 1 N–H and O–H groups in total. The first-order valence-electron chi connectivity index (χ1n) is 8.51. The lowest BCUT2D eigenvalue weighted by Crippen LogP contribution is -2.44. The van der Waals surface area contributed by atoms with Crippen LogP contribution in [0.25, 0.3) is 0 Å². The molecule has 24 heavy (non-hydrogen) atoms. The molecule has 134 valence electrons. The maximum Gasteiger partial charge on any atom is 0.410 e. The zero-order valence-electron chi connectivity index (χ0n) is 15.3. The van der Waals surface area contributed by atoms with E-state index in [0.717, 1.165) is 42.9 Å². The van der Waals surface area contributed by atoms with Gasteiger partial charge in [0.2, 0.25) is 0 Å². The maximum atomic E-state index is 12.2. The first kappa shape index (κ1) is 18.8. The Morgan fingerprint density at radius 2 is 2.17 bits per heavy atom. The molecule has 1 aliphatic heterocycles. The molecule has 1 aromatic rings. The summed E-state index contributed by atoms with van der Waals surface area (Å²) in [7, 11) is 0. The topological polar surface area (TPSA) is 54.5 Å². The van der Waals surface area contributed by atoms with Crippen LogP contribution in [-0.2, 0) is 4.74 Å². The van der Waals surface area contributed by atoms with Crippen LogP contribution >= 0.6 is 11.6 Å². The van der Waals surface area contributed by atoms with Gasteiger partial charge in [0.25, 0.3) is 0 Å². The number of anilines is 1. The molecule has 1 fully saturated rings. The number of amides is 1. The smallest absolute Gasteiger partial charge is 0.410 e. The number of hydrogen-bond acceptors (Lipinski definition) is 4.